The van der Waals surface area contributed by atoms with Gasteiger partial charge in [-0.1, -0.05) is 84.9 Å². The predicted molar refractivity (Wildman–Crippen MR) is 169 cm³/mol. The first-order chi connectivity index (χ1) is 20.6. The van der Waals surface area contributed by atoms with Crippen molar-refractivity contribution in [2.45, 2.75) is 51.8 Å². The average molecular weight is 582 g/mol. The normalized spacial score (nSPS) is 12.7. The fourth-order valence-electron chi connectivity index (χ4n) is 5.00. The molecule has 2 unspecified atom stereocenters. The van der Waals surface area contributed by atoms with Crippen molar-refractivity contribution in [3.8, 4) is 0 Å². The summed E-state index contributed by atoms with van der Waals surface area (Å²) < 4.78 is 5.47. The summed E-state index contributed by atoms with van der Waals surface area (Å²) in [6.07, 6.45) is -0.591. The number of aryl methyl sites for hydroxylation is 1. The van der Waals surface area contributed by atoms with Gasteiger partial charge in [0.2, 0.25) is 5.91 Å². The number of carbonyl (C=O) groups is 3. The Kier molecular flexibility index (Phi) is 10.2. The van der Waals surface area contributed by atoms with E-state index >= 15 is 0 Å². The Labute approximate surface area is 252 Å². The highest BCUT2D eigenvalue weighted by molar-refractivity contribution is 6.00. The number of benzene rings is 4. The van der Waals surface area contributed by atoms with Gasteiger partial charge in [-0.25, -0.2) is 4.79 Å². The van der Waals surface area contributed by atoms with Crippen LogP contribution in [0.5, 0.6) is 0 Å². The summed E-state index contributed by atoms with van der Waals surface area (Å²) in [5.74, 6) is -0.965. The van der Waals surface area contributed by atoms with E-state index in [0.717, 1.165) is 21.9 Å². The Balaban J connectivity index is 1.72. The largest absolute Gasteiger partial charge is 0.444 e. The molecule has 8 heteroatoms. The highest BCUT2D eigenvalue weighted by Crippen LogP contribution is 2.28. The minimum absolute atomic E-state index is 0.135. The number of fused-ring (bicyclic) bond motifs is 1. The van der Waals surface area contributed by atoms with Crippen LogP contribution in [-0.2, 0) is 20.7 Å². The first kappa shape index (κ1) is 31.3. The Bertz CT molecular complexity index is 1560. The standard InChI is InChI=1S/C35H39N3O5/c1-24-12-8-11-17-29(24)31(32(40)36-28-19-18-26-15-9-10-16-27(26)23-28)38(20-21-39)33(41)30(22-25-13-6-5-7-14-25)37-34(42)43-35(2,3)4/h5-19,23,30-31,39H,20-22H2,1-4H3,(H,36,40)(H,37,42). The average Bonchev–Trinajstić information content (AvgIpc) is 2.96. The molecule has 43 heavy (non-hydrogen) atoms. The monoisotopic (exact) mass is 581 g/mol. The van der Waals surface area contributed by atoms with E-state index in [9.17, 15) is 19.5 Å². The van der Waals surface area contributed by atoms with E-state index in [1.54, 1.807) is 32.9 Å². The maximum Gasteiger partial charge on any atom is 0.408 e. The summed E-state index contributed by atoms with van der Waals surface area (Å²) in [6.45, 7) is 6.57. The van der Waals surface area contributed by atoms with Crippen LogP contribution in [0.2, 0.25) is 0 Å². The number of rotatable bonds is 10. The highest BCUT2D eigenvalue weighted by Gasteiger charge is 2.37. The summed E-state index contributed by atoms with van der Waals surface area (Å²) in [7, 11) is 0. The van der Waals surface area contributed by atoms with Gasteiger partial charge in [-0.05, 0) is 67.3 Å². The molecule has 3 amide bonds. The van der Waals surface area contributed by atoms with Gasteiger partial charge < -0.3 is 25.4 Å². The number of aliphatic hydroxyl groups is 1. The van der Waals surface area contributed by atoms with Gasteiger partial charge in [-0.3, -0.25) is 9.59 Å². The number of hydrogen-bond donors (Lipinski definition) is 3. The van der Waals surface area contributed by atoms with Crippen LogP contribution in [0.15, 0.2) is 97.1 Å². The number of alkyl carbamates (subject to hydrolysis) is 1. The van der Waals surface area contributed by atoms with Crippen molar-refractivity contribution in [3.63, 3.8) is 0 Å². The second-order valence-corrected chi connectivity index (χ2v) is 11.5. The molecular formula is C35H39N3O5. The molecule has 0 aromatic heterocycles. The van der Waals surface area contributed by atoms with E-state index in [1.165, 1.54) is 4.90 Å². The molecular weight excluding hydrogens is 542 g/mol. The molecule has 0 bridgehead atoms. The molecule has 0 fully saturated rings. The van der Waals surface area contributed by atoms with Crippen LogP contribution < -0.4 is 10.6 Å². The van der Waals surface area contributed by atoms with Crippen LogP contribution >= 0.6 is 0 Å². The zero-order valence-corrected chi connectivity index (χ0v) is 25.0. The van der Waals surface area contributed by atoms with Crippen LogP contribution in [0.25, 0.3) is 10.8 Å². The summed E-state index contributed by atoms with van der Waals surface area (Å²) in [6, 6.07) is 27.9. The van der Waals surface area contributed by atoms with Crippen LogP contribution in [-0.4, -0.2) is 52.7 Å². The summed E-state index contributed by atoms with van der Waals surface area (Å²) in [5, 5.41) is 17.8. The van der Waals surface area contributed by atoms with Gasteiger partial charge in [-0.2, -0.15) is 0 Å². The van der Waals surface area contributed by atoms with Crippen molar-refractivity contribution in [2.75, 3.05) is 18.5 Å². The van der Waals surface area contributed by atoms with E-state index in [1.807, 2.05) is 91.9 Å². The van der Waals surface area contributed by atoms with Crippen LogP contribution in [0, 0.1) is 6.92 Å². The van der Waals surface area contributed by atoms with Crippen LogP contribution in [0.1, 0.15) is 43.5 Å². The number of amides is 3. The van der Waals surface area contributed by atoms with Gasteiger partial charge in [0, 0.05) is 18.7 Å². The number of ether oxygens (including phenoxy) is 1. The fraction of sp³-hybridized carbons (Fsp3) is 0.286. The second-order valence-electron chi connectivity index (χ2n) is 11.5. The number of nitrogens with one attached hydrogen (secondary N) is 2. The van der Waals surface area contributed by atoms with Crippen LogP contribution in [0.3, 0.4) is 0 Å². The topological polar surface area (TPSA) is 108 Å². The van der Waals surface area contributed by atoms with Gasteiger partial charge in [0.1, 0.15) is 17.7 Å². The number of hydrogen-bond acceptors (Lipinski definition) is 5. The molecule has 0 saturated heterocycles. The first-order valence-electron chi connectivity index (χ1n) is 14.4. The van der Waals surface area contributed by atoms with E-state index in [0.29, 0.717) is 11.3 Å². The quantitative estimate of drug-likeness (QED) is 0.220. The SMILES string of the molecule is Cc1ccccc1C(C(=O)Nc1ccc2ccccc2c1)N(CCO)C(=O)C(Cc1ccccc1)NC(=O)OC(C)(C)C. The third kappa shape index (κ3) is 8.42. The molecule has 0 spiro atoms. The molecule has 4 rings (SSSR count). The molecule has 0 aliphatic heterocycles. The minimum Gasteiger partial charge on any atom is -0.444 e. The predicted octanol–water partition coefficient (Wildman–Crippen LogP) is 5.78. The first-order valence-corrected chi connectivity index (χ1v) is 14.4. The van der Waals surface area contributed by atoms with E-state index < -0.39 is 35.6 Å². The fourth-order valence-corrected chi connectivity index (χ4v) is 5.00. The summed E-state index contributed by atoms with van der Waals surface area (Å²) in [5.41, 5.74) is 2.02. The van der Waals surface area contributed by atoms with Gasteiger partial charge in [0.25, 0.3) is 5.91 Å². The lowest BCUT2D eigenvalue weighted by molar-refractivity contribution is -0.141. The lowest BCUT2D eigenvalue weighted by Gasteiger charge is -2.34. The molecule has 0 aliphatic rings. The van der Waals surface area contributed by atoms with E-state index in [2.05, 4.69) is 10.6 Å². The molecule has 4 aromatic rings. The molecule has 0 radical (unpaired) electrons. The summed E-state index contributed by atoms with van der Waals surface area (Å²) in [4.78, 5) is 42.7. The number of nitrogens with zero attached hydrogens (tertiary/aromatic N) is 1. The number of carbonyl (C=O) groups excluding carboxylic acids is 3. The zero-order chi connectivity index (χ0) is 31.0. The molecule has 224 valence electrons. The molecule has 3 N–H and O–H groups in total. The Hall–Kier alpha value is -4.69. The van der Waals surface area contributed by atoms with Crippen molar-refractivity contribution in [3.05, 3.63) is 114 Å². The lowest BCUT2D eigenvalue weighted by atomic mass is 9.97. The van der Waals surface area contributed by atoms with Gasteiger partial charge in [0.15, 0.2) is 0 Å². The van der Waals surface area contributed by atoms with Crippen molar-refractivity contribution >= 4 is 34.4 Å². The maximum atomic E-state index is 14.4. The minimum atomic E-state index is -1.09. The molecule has 0 saturated carbocycles. The van der Waals surface area contributed by atoms with E-state index in [-0.39, 0.29) is 19.6 Å². The zero-order valence-electron chi connectivity index (χ0n) is 25.0. The number of aliphatic hydroxyl groups excluding tert-OH is 1. The van der Waals surface area contributed by atoms with Crippen molar-refractivity contribution in [2.24, 2.45) is 0 Å². The second kappa shape index (κ2) is 14.0. The maximum absolute atomic E-state index is 14.4. The van der Waals surface area contributed by atoms with Gasteiger partial charge >= 0.3 is 6.09 Å². The molecule has 0 heterocycles. The Morgan fingerprint density at radius 2 is 1.51 bits per heavy atom. The van der Waals surface area contributed by atoms with Gasteiger partial charge in [0.05, 0.1) is 6.61 Å². The van der Waals surface area contributed by atoms with Crippen molar-refractivity contribution in [1.29, 1.82) is 0 Å². The Morgan fingerprint density at radius 1 is 0.860 bits per heavy atom. The van der Waals surface area contributed by atoms with Crippen molar-refractivity contribution < 1.29 is 24.2 Å². The third-order valence-electron chi connectivity index (χ3n) is 6.96. The molecule has 4 aromatic carbocycles. The van der Waals surface area contributed by atoms with Crippen molar-refractivity contribution in [1.82, 2.24) is 10.2 Å². The van der Waals surface area contributed by atoms with E-state index in [4.69, 9.17) is 4.74 Å². The number of anilines is 1. The smallest absolute Gasteiger partial charge is 0.408 e. The van der Waals surface area contributed by atoms with Gasteiger partial charge in [-0.15, -0.1) is 0 Å². The molecule has 8 nitrogen and oxygen atoms in total. The highest BCUT2D eigenvalue weighted by atomic mass is 16.6. The Morgan fingerprint density at radius 3 is 2.19 bits per heavy atom. The molecule has 0 aliphatic carbocycles. The molecule has 2 atom stereocenters. The van der Waals surface area contributed by atoms with Crippen LogP contribution in [0.4, 0.5) is 10.5 Å². The lowest BCUT2D eigenvalue weighted by Crippen LogP contribution is -2.54. The third-order valence-corrected chi connectivity index (χ3v) is 6.96. The summed E-state index contributed by atoms with van der Waals surface area (Å²) >= 11 is 0.